The van der Waals surface area contributed by atoms with Crippen molar-refractivity contribution >= 4 is 11.6 Å². The molecule has 1 aromatic carbocycles. The molecule has 2 aromatic heterocycles. The van der Waals surface area contributed by atoms with Crippen LogP contribution in [0.25, 0.3) is 16.9 Å². The molecule has 0 unspecified atom stereocenters. The van der Waals surface area contributed by atoms with Crippen LogP contribution < -0.4 is 4.74 Å². The third-order valence-electron chi connectivity index (χ3n) is 4.77. The van der Waals surface area contributed by atoms with E-state index in [0.717, 1.165) is 25.1 Å². The molecule has 3 heterocycles. The minimum Gasteiger partial charge on any atom is -0.496 e. The fourth-order valence-corrected chi connectivity index (χ4v) is 3.40. The van der Waals surface area contributed by atoms with Gasteiger partial charge >= 0.3 is 6.18 Å². The third kappa shape index (κ3) is 3.06. The second-order valence-electron chi connectivity index (χ2n) is 6.52. The molecule has 3 aromatic rings. The predicted octanol–water partition coefficient (Wildman–Crippen LogP) is 3.66. The largest absolute Gasteiger partial charge is 0.496 e. The number of hydrogen-bond acceptors (Lipinski definition) is 4. The Morgan fingerprint density at radius 2 is 1.89 bits per heavy atom. The zero-order chi connectivity index (χ0) is 19.9. The lowest BCUT2D eigenvalue weighted by Gasteiger charge is -2.15. The molecule has 0 atom stereocenters. The molecule has 146 valence electrons. The van der Waals surface area contributed by atoms with Crippen LogP contribution in [-0.2, 0) is 6.18 Å². The van der Waals surface area contributed by atoms with E-state index in [1.807, 2.05) is 0 Å². The van der Waals surface area contributed by atoms with Crippen molar-refractivity contribution in [2.75, 3.05) is 20.2 Å². The quantitative estimate of drug-likeness (QED) is 0.685. The summed E-state index contributed by atoms with van der Waals surface area (Å²) in [7, 11) is 1.43. The maximum absolute atomic E-state index is 13.7. The number of fused-ring (bicyclic) bond motifs is 1. The van der Waals surface area contributed by atoms with Crippen LogP contribution in [0, 0.1) is 0 Å². The highest BCUT2D eigenvalue weighted by atomic mass is 19.4. The Kier molecular flexibility index (Phi) is 4.44. The van der Waals surface area contributed by atoms with Gasteiger partial charge in [-0.2, -0.15) is 18.3 Å². The molecule has 1 fully saturated rings. The molecular weight excluding hydrogens is 373 g/mol. The van der Waals surface area contributed by atoms with Crippen LogP contribution in [0.4, 0.5) is 13.2 Å². The lowest BCUT2D eigenvalue weighted by atomic mass is 10.1. The van der Waals surface area contributed by atoms with Crippen LogP contribution in [0.15, 0.2) is 36.5 Å². The second kappa shape index (κ2) is 6.81. The average molecular weight is 390 g/mol. The molecule has 9 heteroatoms. The summed E-state index contributed by atoms with van der Waals surface area (Å²) in [5, 5.41) is 3.81. The maximum atomic E-state index is 13.7. The standard InChI is InChI=1S/C19H17F3N4O2/c1-28-15-7-3-2-6-12(15)14-10-16(19(20,21)22)26-17(24-14)13(11-23-26)18(27)25-8-4-5-9-25/h2-3,6-7,10-11H,4-5,8-9H2,1H3. The maximum Gasteiger partial charge on any atom is 0.433 e. The number of rotatable bonds is 3. The molecule has 1 aliphatic heterocycles. The zero-order valence-electron chi connectivity index (χ0n) is 15.0. The van der Waals surface area contributed by atoms with Crippen molar-refractivity contribution in [2.24, 2.45) is 0 Å². The van der Waals surface area contributed by atoms with E-state index in [-0.39, 0.29) is 22.8 Å². The van der Waals surface area contributed by atoms with Crippen LogP contribution in [0.1, 0.15) is 28.9 Å². The fourth-order valence-electron chi connectivity index (χ4n) is 3.40. The Balaban J connectivity index is 1.94. The first-order valence-corrected chi connectivity index (χ1v) is 8.79. The number of aromatic nitrogens is 3. The predicted molar refractivity (Wildman–Crippen MR) is 95.1 cm³/mol. The van der Waals surface area contributed by atoms with Gasteiger partial charge in [-0.05, 0) is 31.0 Å². The van der Waals surface area contributed by atoms with Gasteiger partial charge in [-0.25, -0.2) is 9.50 Å². The molecule has 1 amide bonds. The van der Waals surface area contributed by atoms with E-state index in [9.17, 15) is 18.0 Å². The second-order valence-corrected chi connectivity index (χ2v) is 6.52. The topological polar surface area (TPSA) is 59.7 Å². The van der Waals surface area contributed by atoms with E-state index in [1.54, 1.807) is 29.2 Å². The first-order valence-electron chi connectivity index (χ1n) is 8.79. The number of likely N-dealkylation sites (tertiary alicyclic amines) is 1. The van der Waals surface area contributed by atoms with Crippen molar-refractivity contribution in [3.05, 3.63) is 47.8 Å². The van der Waals surface area contributed by atoms with Crippen LogP contribution in [0.2, 0.25) is 0 Å². The Hall–Kier alpha value is -3.10. The van der Waals surface area contributed by atoms with Crippen LogP contribution in [-0.4, -0.2) is 45.6 Å². The van der Waals surface area contributed by atoms with E-state index in [0.29, 0.717) is 28.9 Å². The van der Waals surface area contributed by atoms with E-state index >= 15 is 0 Å². The van der Waals surface area contributed by atoms with E-state index < -0.39 is 11.9 Å². The summed E-state index contributed by atoms with van der Waals surface area (Å²) >= 11 is 0. The molecule has 0 spiro atoms. The number of carbonyl (C=O) groups excluding carboxylic acids is 1. The lowest BCUT2D eigenvalue weighted by molar-refractivity contribution is -0.142. The minimum absolute atomic E-state index is 0.0594. The first-order chi connectivity index (χ1) is 13.4. The van der Waals surface area contributed by atoms with Crippen LogP contribution >= 0.6 is 0 Å². The Labute approximate surface area is 158 Å². The first kappa shape index (κ1) is 18.3. The Bertz CT molecular complexity index is 1040. The number of carbonyl (C=O) groups is 1. The van der Waals surface area contributed by atoms with Crippen molar-refractivity contribution in [2.45, 2.75) is 19.0 Å². The Morgan fingerprint density at radius 3 is 2.57 bits per heavy atom. The van der Waals surface area contributed by atoms with Gasteiger partial charge in [0.25, 0.3) is 5.91 Å². The number of benzene rings is 1. The molecule has 1 aliphatic rings. The smallest absolute Gasteiger partial charge is 0.433 e. The van der Waals surface area contributed by atoms with Crippen molar-refractivity contribution < 1.29 is 22.7 Å². The summed E-state index contributed by atoms with van der Waals surface area (Å²) < 4.78 is 47.0. The normalized spacial score (nSPS) is 14.6. The van der Waals surface area contributed by atoms with Crippen LogP contribution in [0.3, 0.4) is 0 Å². The van der Waals surface area contributed by atoms with Gasteiger partial charge in [-0.3, -0.25) is 4.79 Å². The van der Waals surface area contributed by atoms with Gasteiger partial charge in [0.05, 0.1) is 19.0 Å². The van der Waals surface area contributed by atoms with Crippen molar-refractivity contribution in [1.82, 2.24) is 19.5 Å². The number of halogens is 3. The minimum atomic E-state index is -4.67. The summed E-state index contributed by atoms with van der Waals surface area (Å²) in [6.45, 7) is 1.16. The van der Waals surface area contributed by atoms with Gasteiger partial charge in [-0.15, -0.1) is 0 Å². The summed E-state index contributed by atoms with van der Waals surface area (Å²) in [4.78, 5) is 18.7. The molecule has 0 bridgehead atoms. The summed E-state index contributed by atoms with van der Waals surface area (Å²) in [6, 6.07) is 7.58. The fraction of sp³-hybridized carbons (Fsp3) is 0.316. The van der Waals surface area contributed by atoms with E-state index in [1.165, 1.54) is 7.11 Å². The summed E-state index contributed by atoms with van der Waals surface area (Å²) in [5.41, 5.74) is -0.595. The van der Waals surface area contributed by atoms with E-state index in [2.05, 4.69) is 10.1 Å². The SMILES string of the molecule is COc1ccccc1-c1cc(C(F)(F)F)n2ncc(C(=O)N3CCCC3)c2n1. The number of alkyl halides is 3. The van der Waals surface area contributed by atoms with Crippen molar-refractivity contribution in [3.8, 4) is 17.0 Å². The molecule has 4 rings (SSSR count). The van der Waals surface area contributed by atoms with Gasteiger partial charge in [0.2, 0.25) is 0 Å². The van der Waals surface area contributed by atoms with Crippen LogP contribution in [0.5, 0.6) is 5.75 Å². The number of hydrogen-bond donors (Lipinski definition) is 0. The van der Waals surface area contributed by atoms with Gasteiger partial charge in [0.15, 0.2) is 11.3 Å². The Morgan fingerprint density at radius 1 is 1.18 bits per heavy atom. The number of amides is 1. The van der Waals surface area contributed by atoms with Gasteiger partial charge in [0, 0.05) is 18.7 Å². The highest BCUT2D eigenvalue weighted by molar-refractivity contribution is 6.00. The average Bonchev–Trinajstić information content (AvgIpc) is 3.35. The summed E-state index contributed by atoms with van der Waals surface area (Å²) in [6.07, 6.45) is -1.76. The van der Waals surface area contributed by atoms with Crippen molar-refractivity contribution in [1.29, 1.82) is 0 Å². The molecule has 0 saturated carbocycles. The number of nitrogens with zero attached hydrogens (tertiary/aromatic N) is 4. The molecule has 0 radical (unpaired) electrons. The molecule has 0 aliphatic carbocycles. The lowest BCUT2D eigenvalue weighted by Crippen LogP contribution is -2.27. The molecule has 0 N–H and O–H groups in total. The zero-order valence-corrected chi connectivity index (χ0v) is 15.0. The third-order valence-corrected chi connectivity index (χ3v) is 4.77. The summed E-state index contributed by atoms with van der Waals surface area (Å²) in [5.74, 6) is 0.0321. The highest BCUT2D eigenvalue weighted by Gasteiger charge is 2.36. The van der Waals surface area contributed by atoms with Gasteiger partial charge in [0.1, 0.15) is 11.3 Å². The highest BCUT2D eigenvalue weighted by Crippen LogP contribution is 2.35. The molecule has 6 nitrogen and oxygen atoms in total. The number of para-hydroxylation sites is 1. The molecule has 1 saturated heterocycles. The monoisotopic (exact) mass is 390 g/mol. The molecule has 28 heavy (non-hydrogen) atoms. The molecular formula is C19H17F3N4O2. The number of methoxy groups -OCH3 is 1. The van der Waals surface area contributed by atoms with E-state index in [4.69, 9.17) is 4.74 Å². The van der Waals surface area contributed by atoms with Crippen molar-refractivity contribution in [3.63, 3.8) is 0 Å². The van der Waals surface area contributed by atoms with Gasteiger partial charge in [-0.1, -0.05) is 12.1 Å². The number of ether oxygens (including phenoxy) is 1. The van der Waals surface area contributed by atoms with Gasteiger partial charge < -0.3 is 9.64 Å².